The number of halogens is 1. The van der Waals surface area contributed by atoms with E-state index in [1.165, 1.54) is 12.1 Å². The van der Waals surface area contributed by atoms with Crippen LogP contribution in [0.25, 0.3) is 0 Å². The second kappa shape index (κ2) is 8.28. The van der Waals surface area contributed by atoms with Crippen molar-refractivity contribution in [2.75, 3.05) is 20.3 Å². The first-order valence-corrected chi connectivity index (χ1v) is 6.66. The number of methoxy groups -OCH3 is 1. The summed E-state index contributed by atoms with van der Waals surface area (Å²) in [4.78, 5) is 8.17. The molecule has 0 saturated heterocycles. The monoisotopic (exact) mass is 291 g/mol. The highest BCUT2D eigenvalue weighted by atomic mass is 19.1. The molecule has 0 amide bonds. The van der Waals surface area contributed by atoms with Crippen molar-refractivity contribution in [1.29, 1.82) is 0 Å². The molecule has 1 aromatic carbocycles. The van der Waals surface area contributed by atoms with E-state index in [0.29, 0.717) is 31.3 Å². The molecule has 0 aliphatic heterocycles. The van der Waals surface area contributed by atoms with Crippen molar-refractivity contribution < 1.29 is 13.9 Å². The van der Waals surface area contributed by atoms with Gasteiger partial charge in [-0.05, 0) is 24.3 Å². The van der Waals surface area contributed by atoms with Crippen molar-refractivity contribution in [3.8, 4) is 5.75 Å². The Morgan fingerprint density at radius 1 is 1.24 bits per heavy atom. The molecule has 1 aromatic heterocycles. The second-order valence-electron chi connectivity index (χ2n) is 4.38. The van der Waals surface area contributed by atoms with E-state index >= 15 is 0 Å². The number of hydrogen-bond donors (Lipinski definition) is 1. The largest absolute Gasteiger partial charge is 0.485 e. The maximum atomic E-state index is 13.4. The molecule has 0 aliphatic carbocycles. The Morgan fingerprint density at radius 3 is 2.81 bits per heavy atom. The zero-order chi connectivity index (χ0) is 14.9. The van der Waals surface area contributed by atoms with Gasteiger partial charge < -0.3 is 14.8 Å². The Labute approximate surface area is 123 Å². The summed E-state index contributed by atoms with van der Waals surface area (Å²) < 4.78 is 24.0. The average molecular weight is 291 g/mol. The molecule has 5 nitrogen and oxygen atoms in total. The van der Waals surface area contributed by atoms with E-state index in [-0.39, 0.29) is 12.4 Å². The van der Waals surface area contributed by atoms with Crippen molar-refractivity contribution in [1.82, 2.24) is 15.3 Å². The van der Waals surface area contributed by atoms with Gasteiger partial charge in [-0.25, -0.2) is 14.4 Å². The highest BCUT2D eigenvalue weighted by Crippen LogP contribution is 2.20. The fraction of sp³-hybridized carbons (Fsp3) is 0.333. The summed E-state index contributed by atoms with van der Waals surface area (Å²) in [5.74, 6) is 0.913. The predicted octanol–water partition coefficient (Wildman–Crippen LogP) is 1.93. The average Bonchev–Trinajstić information content (AvgIpc) is 2.52. The Hall–Kier alpha value is -2.05. The molecule has 21 heavy (non-hydrogen) atoms. The van der Waals surface area contributed by atoms with Crippen LogP contribution in [-0.4, -0.2) is 30.2 Å². The second-order valence-corrected chi connectivity index (χ2v) is 4.38. The molecule has 0 aliphatic rings. The quantitative estimate of drug-likeness (QED) is 0.753. The molecule has 6 heteroatoms. The molecule has 2 aromatic rings. The Balaban J connectivity index is 1.97. The van der Waals surface area contributed by atoms with E-state index in [1.54, 1.807) is 31.6 Å². The first-order valence-electron chi connectivity index (χ1n) is 6.66. The summed E-state index contributed by atoms with van der Waals surface area (Å²) in [7, 11) is 1.64. The summed E-state index contributed by atoms with van der Waals surface area (Å²) >= 11 is 0. The number of nitrogens with zero attached hydrogens (tertiary/aromatic N) is 2. The van der Waals surface area contributed by atoms with Gasteiger partial charge in [-0.2, -0.15) is 0 Å². The fourth-order valence-electron chi connectivity index (χ4n) is 1.77. The van der Waals surface area contributed by atoms with E-state index in [2.05, 4.69) is 15.3 Å². The molecule has 0 bridgehead atoms. The van der Waals surface area contributed by atoms with E-state index in [0.717, 1.165) is 5.56 Å². The zero-order valence-electron chi connectivity index (χ0n) is 11.9. The van der Waals surface area contributed by atoms with Crippen molar-refractivity contribution >= 4 is 0 Å². The van der Waals surface area contributed by atoms with Gasteiger partial charge in [0.2, 0.25) is 0 Å². The van der Waals surface area contributed by atoms with Gasteiger partial charge in [0.05, 0.1) is 6.61 Å². The van der Waals surface area contributed by atoms with E-state index < -0.39 is 0 Å². The first kappa shape index (κ1) is 15.3. The Kier molecular flexibility index (Phi) is 6.05. The van der Waals surface area contributed by atoms with Crippen molar-refractivity contribution in [2.24, 2.45) is 0 Å². The van der Waals surface area contributed by atoms with Crippen LogP contribution < -0.4 is 10.1 Å². The molecule has 0 atom stereocenters. The minimum absolute atomic E-state index is 0.248. The minimum Gasteiger partial charge on any atom is -0.485 e. The van der Waals surface area contributed by atoms with E-state index in [4.69, 9.17) is 9.47 Å². The van der Waals surface area contributed by atoms with Crippen LogP contribution >= 0.6 is 0 Å². The van der Waals surface area contributed by atoms with Crippen LogP contribution in [0.3, 0.4) is 0 Å². The van der Waals surface area contributed by atoms with Gasteiger partial charge in [0.1, 0.15) is 18.2 Å². The maximum Gasteiger partial charge on any atom is 0.166 e. The highest BCUT2D eigenvalue weighted by molar-refractivity contribution is 5.34. The van der Waals surface area contributed by atoms with Crippen LogP contribution in [0.4, 0.5) is 4.39 Å². The number of rotatable bonds is 8. The number of benzene rings is 1. The summed E-state index contributed by atoms with van der Waals surface area (Å²) in [6, 6.07) is 6.19. The van der Waals surface area contributed by atoms with Gasteiger partial charge >= 0.3 is 0 Å². The number of nitrogens with one attached hydrogen (secondary N) is 1. The smallest absolute Gasteiger partial charge is 0.166 e. The minimum atomic E-state index is -0.290. The van der Waals surface area contributed by atoms with Gasteiger partial charge in [-0.3, -0.25) is 0 Å². The van der Waals surface area contributed by atoms with Gasteiger partial charge in [-0.1, -0.05) is 0 Å². The summed E-state index contributed by atoms with van der Waals surface area (Å²) in [5, 5.41) is 3.17. The summed E-state index contributed by atoms with van der Waals surface area (Å²) in [6.45, 7) is 2.04. The van der Waals surface area contributed by atoms with Gasteiger partial charge in [0.25, 0.3) is 0 Å². The standard InChI is InChI=1S/C15H18FN3O2/c1-20-8-7-17-10-12-9-13(16)3-4-14(12)21-11-15-18-5-2-6-19-15/h2-6,9,17H,7-8,10-11H2,1H3. The van der Waals surface area contributed by atoms with Crippen molar-refractivity contribution in [3.05, 3.63) is 53.9 Å². The Bertz CT molecular complexity index is 552. The molecular weight excluding hydrogens is 273 g/mol. The lowest BCUT2D eigenvalue weighted by Crippen LogP contribution is -2.19. The maximum absolute atomic E-state index is 13.4. The van der Waals surface area contributed by atoms with Crippen LogP contribution in [0, 0.1) is 5.82 Å². The summed E-state index contributed by atoms with van der Waals surface area (Å²) in [5.41, 5.74) is 0.752. The topological polar surface area (TPSA) is 56.3 Å². The number of hydrogen-bond acceptors (Lipinski definition) is 5. The normalized spacial score (nSPS) is 10.6. The highest BCUT2D eigenvalue weighted by Gasteiger charge is 2.06. The summed E-state index contributed by atoms with van der Waals surface area (Å²) in [6.07, 6.45) is 3.31. The molecule has 0 unspecified atom stereocenters. The third kappa shape index (κ3) is 5.09. The van der Waals surface area contributed by atoms with E-state index in [9.17, 15) is 4.39 Å². The van der Waals surface area contributed by atoms with Crippen molar-refractivity contribution in [2.45, 2.75) is 13.2 Å². The zero-order valence-corrected chi connectivity index (χ0v) is 11.9. The number of aromatic nitrogens is 2. The van der Waals surface area contributed by atoms with E-state index in [1.807, 2.05) is 0 Å². The lowest BCUT2D eigenvalue weighted by Gasteiger charge is -2.12. The van der Waals surface area contributed by atoms with Gasteiger partial charge in [-0.15, -0.1) is 0 Å². The predicted molar refractivity (Wildman–Crippen MR) is 76.3 cm³/mol. The molecule has 0 saturated carbocycles. The molecule has 0 radical (unpaired) electrons. The lowest BCUT2D eigenvalue weighted by atomic mass is 10.2. The first-order chi connectivity index (χ1) is 10.3. The molecule has 2 rings (SSSR count). The third-order valence-electron chi connectivity index (χ3n) is 2.80. The molecular formula is C15H18FN3O2. The molecule has 1 N–H and O–H groups in total. The molecule has 0 fully saturated rings. The van der Waals surface area contributed by atoms with Crippen LogP contribution in [0.1, 0.15) is 11.4 Å². The van der Waals surface area contributed by atoms with Gasteiger partial charge in [0, 0.05) is 38.2 Å². The van der Waals surface area contributed by atoms with Gasteiger partial charge in [0.15, 0.2) is 5.82 Å². The van der Waals surface area contributed by atoms with Crippen molar-refractivity contribution in [3.63, 3.8) is 0 Å². The Morgan fingerprint density at radius 2 is 2.05 bits per heavy atom. The molecule has 0 spiro atoms. The van der Waals surface area contributed by atoms with Crippen LogP contribution in [0.2, 0.25) is 0 Å². The van der Waals surface area contributed by atoms with Crippen LogP contribution in [0.15, 0.2) is 36.7 Å². The lowest BCUT2D eigenvalue weighted by molar-refractivity contribution is 0.199. The third-order valence-corrected chi connectivity index (χ3v) is 2.80. The van der Waals surface area contributed by atoms with Crippen LogP contribution in [-0.2, 0) is 17.9 Å². The fourth-order valence-corrected chi connectivity index (χ4v) is 1.77. The SMILES string of the molecule is COCCNCc1cc(F)ccc1OCc1ncccn1. The van der Waals surface area contributed by atoms with Crippen LogP contribution in [0.5, 0.6) is 5.75 Å². The molecule has 1 heterocycles. The number of ether oxygens (including phenoxy) is 2. The molecule has 112 valence electrons.